The van der Waals surface area contributed by atoms with Crippen LogP contribution in [-0.4, -0.2) is 47.1 Å². The Morgan fingerprint density at radius 1 is 1.20 bits per heavy atom. The topological polar surface area (TPSA) is 45.4 Å². The standard InChI is InChI=1S/C15H22N4S/c16-15(20)14-5-4-12(10-17-14)19-9-6-13(11-19)18-7-2-1-3-8-18/h4-5,10,13H,1-3,6-9,11H2,(H2,16,20). The highest BCUT2D eigenvalue weighted by Crippen LogP contribution is 2.24. The Bertz CT molecular complexity index is 467. The highest BCUT2D eigenvalue weighted by Gasteiger charge is 2.28. The van der Waals surface area contributed by atoms with Crippen LogP contribution >= 0.6 is 12.2 Å². The van der Waals surface area contributed by atoms with Crippen molar-refractivity contribution in [1.82, 2.24) is 9.88 Å². The molecule has 3 heterocycles. The van der Waals surface area contributed by atoms with E-state index in [1.54, 1.807) is 0 Å². The quantitative estimate of drug-likeness (QED) is 0.860. The third-order valence-electron chi connectivity index (χ3n) is 4.44. The molecule has 0 spiro atoms. The molecule has 3 rings (SSSR count). The lowest BCUT2D eigenvalue weighted by Gasteiger charge is -2.32. The second kappa shape index (κ2) is 6.06. The molecule has 0 aromatic carbocycles. The Kier molecular flexibility index (Phi) is 4.17. The summed E-state index contributed by atoms with van der Waals surface area (Å²) >= 11 is 4.94. The summed E-state index contributed by atoms with van der Waals surface area (Å²) in [5, 5.41) is 0. The van der Waals surface area contributed by atoms with Crippen molar-refractivity contribution in [3.63, 3.8) is 0 Å². The lowest BCUT2D eigenvalue weighted by atomic mass is 10.1. The maximum atomic E-state index is 5.59. The summed E-state index contributed by atoms with van der Waals surface area (Å²) in [6.45, 7) is 4.79. The number of hydrogen-bond donors (Lipinski definition) is 1. The summed E-state index contributed by atoms with van der Waals surface area (Å²) in [5.74, 6) is 0. The number of pyridine rings is 1. The molecular formula is C15H22N4S. The first-order valence-electron chi connectivity index (χ1n) is 7.49. The second-order valence-corrected chi connectivity index (χ2v) is 6.19. The average molecular weight is 290 g/mol. The number of rotatable bonds is 3. The number of thiocarbonyl (C=S) groups is 1. The minimum absolute atomic E-state index is 0.365. The molecule has 1 unspecified atom stereocenters. The lowest BCUT2D eigenvalue weighted by Crippen LogP contribution is -2.40. The molecule has 108 valence electrons. The molecule has 5 heteroatoms. The van der Waals surface area contributed by atoms with Crippen molar-refractivity contribution in [2.24, 2.45) is 5.73 Å². The number of piperidine rings is 1. The van der Waals surface area contributed by atoms with Crippen LogP contribution in [0.3, 0.4) is 0 Å². The molecule has 1 aromatic heterocycles. The van der Waals surface area contributed by atoms with Crippen molar-refractivity contribution in [2.75, 3.05) is 31.1 Å². The largest absolute Gasteiger partial charge is 0.388 e. The van der Waals surface area contributed by atoms with E-state index in [0.717, 1.165) is 13.1 Å². The first kappa shape index (κ1) is 13.8. The molecule has 20 heavy (non-hydrogen) atoms. The zero-order valence-corrected chi connectivity index (χ0v) is 12.6. The summed E-state index contributed by atoms with van der Waals surface area (Å²) in [6.07, 6.45) is 7.28. The van der Waals surface area contributed by atoms with E-state index in [-0.39, 0.29) is 0 Å². The molecule has 2 fully saturated rings. The lowest BCUT2D eigenvalue weighted by molar-refractivity contribution is 0.175. The Morgan fingerprint density at radius 2 is 2.00 bits per heavy atom. The van der Waals surface area contributed by atoms with Gasteiger partial charge in [-0.25, -0.2) is 0 Å². The predicted octanol–water partition coefficient (Wildman–Crippen LogP) is 1.78. The van der Waals surface area contributed by atoms with E-state index in [4.69, 9.17) is 18.0 Å². The molecule has 2 N–H and O–H groups in total. The van der Waals surface area contributed by atoms with E-state index >= 15 is 0 Å². The molecule has 0 radical (unpaired) electrons. The Morgan fingerprint density at radius 3 is 2.65 bits per heavy atom. The fraction of sp³-hybridized carbons (Fsp3) is 0.600. The maximum absolute atomic E-state index is 5.59. The van der Waals surface area contributed by atoms with Crippen molar-refractivity contribution in [1.29, 1.82) is 0 Å². The molecule has 0 aliphatic carbocycles. The first-order chi connectivity index (χ1) is 9.74. The molecule has 0 amide bonds. The van der Waals surface area contributed by atoms with Gasteiger partial charge in [-0.05, 0) is 44.5 Å². The minimum atomic E-state index is 0.365. The second-order valence-electron chi connectivity index (χ2n) is 5.75. The van der Waals surface area contributed by atoms with Gasteiger partial charge in [0.25, 0.3) is 0 Å². The van der Waals surface area contributed by atoms with Gasteiger partial charge in [-0.3, -0.25) is 9.88 Å². The van der Waals surface area contributed by atoms with E-state index in [9.17, 15) is 0 Å². The van der Waals surface area contributed by atoms with Gasteiger partial charge in [-0.1, -0.05) is 18.6 Å². The van der Waals surface area contributed by atoms with Crippen LogP contribution < -0.4 is 10.6 Å². The van der Waals surface area contributed by atoms with Gasteiger partial charge in [-0.2, -0.15) is 0 Å². The minimum Gasteiger partial charge on any atom is -0.388 e. The van der Waals surface area contributed by atoms with Gasteiger partial charge < -0.3 is 10.6 Å². The van der Waals surface area contributed by atoms with Crippen molar-refractivity contribution in [3.05, 3.63) is 24.0 Å². The van der Waals surface area contributed by atoms with Crippen molar-refractivity contribution < 1.29 is 0 Å². The van der Waals surface area contributed by atoms with Crippen LogP contribution in [0.25, 0.3) is 0 Å². The zero-order chi connectivity index (χ0) is 13.9. The van der Waals surface area contributed by atoms with Crippen LogP contribution in [-0.2, 0) is 0 Å². The number of anilines is 1. The average Bonchev–Trinajstić information content (AvgIpc) is 2.98. The third kappa shape index (κ3) is 2.94. The van der Waals surface area contributed by atoms with E-state index in [0.29, 0.717) is 16.7 Å². The molecule has 1 atom stereocenters. The zero-order valence-electron chi connectivity index (χ0n) is 11.8. The van der Waals surface area contributed by atoms with E-state index < -0.39 is 0 Å². The number of likely N-dealkylation sites (tertiary alicyclic amines) is 1. The van der Waals surface area contributed by atoms with E-state index in [2.05, 4.69) is 20.9 Å². The molecule has 0 bridgehead atoms. The molecule has 0 saturated carbocycles. The van der Waals surface area contributed by atoms with Crippen molar-refractivity contribution in [2.45, 2.75) is 31.7 Å². The SMILES string of the molecule is NC(=S)c1ccc(N2CCC(N3CCCCC3)C2)cn1. The van der Waals surface area contributed by atoms with Crippen molar-refractivity contribution in [3.8, 4) is 0 Å². The normalized spacial score (nSPS) is 24.0. The summed E-state index contributed by atoms with van der Waals surface area (Å²) in [7, 11) is 0. The van der Waals surface area contributed by atoms with Gasteiger partial charge >= 0.3 is 0 Å². The fourth-order valence-electron chi connectivity index (χ4n) is 3.28. The molecule has 2 aliphatic heterocycles. The van der Waals surface area contributed by atoms with Crippen LogP contribution in [0.1, 0.15) is 31.4 Å². The first-order valence-corrected chi connectivity index (χ1v) is 7.90. The number of aromatic nitrogens is 1. The van der Waals surface area contributed by atoms with Crippen LogP contribution in [0.15, 0.2) is 18.3 Å². The fourth-order valence-corrected chi connectivity index (χ4v) is 3.40. The van der Waals surface area contributed by atoms with Gasteiger partial charge in [-0.15, -0.1) is 0 Å². The van der Waals surface area contributed by atoms with E-state index in [1.165, 1.54) is 44.5 Å². The number of nitrogens with two attached hydrogens (primary N) is 1. The van der Waals surface area contributed by atoms with Crippen LogP contribution in [0.2, 0.25) is 0 Å². The van der Waals surface area contributed by atoms with Gasteiger partial charge in [0.2, 0.25) is 0 Å². The Labute approximate surface area is 126 Å². The molecule has 2 aliphatic rings. The predicted molar refractivity (Wildman–Crippen MR) is 86.2 cm³/mol. The van der Waals surface area contributed by atoms with Crippen LogP contribution in [0.4, 0.5) is 5.69 Å². The van der Waals surface area contributed by atoms with Gasteiger partial charge in [0.1, 0.15) is 4.99 Å². The van der Waals surface area contributed by atoms with Crippen molar-refractivity contribution >= 4 is 22.9 Å². The molecule has 2 saturated heterocycles. The van der Waals surface area contributed by atoms with Crippen LogP contribution in [0, 0.1) is 0 Å². The smallest absolute Gasteiger partial charge is 0.122 e. The summed E-state index contributed by atoms with van der Waals surface area (Å²) in [6, 6.07) is 4.72. The third-order valence-corrected chi connectivity index (χ3v) is 4.65. The highest BCUT2D eigenvalue weighted by atomic mass is 32.1. The highest BCUT2D eigenvalue weighted by molar-refractivity contribution is 7.80. The van der Waals surface area contributed by atoms with Gasteiger partial charge in [0.05, 0.1) is 17.6 Å². The Hall–Kier alpha value is -1.20. The monoisotopic (exact) mass is 290 g/mol. The number of hydrogen-bond acceptors (Lipinski definition) is 4. The number of nitrogens with zero attached hydrogens (tertiary/aromatic N) is 3. The van der Waals surface area contributed by atoms with Gasteiger partial charge in [0, 0.05) is 19.1 Å². The molecule has 4 nitrogen and oxygen atoms in total. The maximum Gasteiger partial charge on any atom is 0.122 e. The Balaban J connectivity index is 1.62. The molecule has 1 aromatic rings. The molecular weight excluding hydrogens is 268 g/mol. The summed E-state index contributed by atoms with van der Waals surface area (Å²) in [5.41, 5.74) is 7.47. The van der Waals surface area contributed by atoms with E-state index in [1.807, 2.05) is 12.3 Å². The summed E-state index contributed by atoms with van der Waals surface area (Å²) in [4.78, 5) is 9.80. The summed E-state index contributed by atoms with van der Waals surface area (Å²) < 4.78 is 0. The van der Waals surface area contributed by atoms with Crippen LogP contribution in [0.5, 0.6) is 0 Å². The van der Waals surface area contributed by atoms with Gasteiger partial charge in [0.15, 0.2) is 0 Å².